The van der Waals surface area contributed by atoms with Gasteiger partial charge in [-0.2, -0.15) is 4.31 Å². The van der Waals surface area contributed by atoms with Crippen LogP contribution in [0.4, 0.5) is 0 Å². The zero-order valence-corrected chi connectivity index (χ0v) is 12.0. The Morgan fingerprint density at radius 2 is 1.95 bits per heavy atom. The number of piperidine rings is 1. The fourth-order valence-corrected chi connectivity index (χ4v) is 4.54. The standard InChI is InChI=1S/C14H22N2O2S/c15-10-9-14-8-4-5-11-16(14)19(17,18)12-13-6-2-1-3-7-13/h1-3,6-7,14H,4-5,8-12,15H2. The van der Waals surface area contributed by atoms with Gasteiger partial charge in [0, 0.05) is 12.6 Å². The van der Waals surface area contributed by atoms with E-state index in [1.807, 2.05) is 30.3 Å². The molecule has 0 bridgehead atoms. The molecule has 1 atom stereocenters. The topological polar surface area (TPSA) is 63.4 Å². The maximum atomic E-state index is 12.5. The van der Waals surface area contributed by atoms with Gasteiger partial charge in [-0.05, 0) is 31.4 Å². The molecule has 106 valence electrons. The third-order valence-corrected chi connectivity index (χ3v) is 5.52. The van der Waals surface area contributed by atoms with Crippen LogP contribution in [0.2, 0.25) is 0 Å². The average molecular weight is 282 g/mol. The van der Waals surface area contributed by atoms with Gasteiger partial charge in [-0.25, -0.2) is 8.42 Å². The first-order valence-corrected chi connectivity index (χ1v) is 8.48. The fraction of sp³-hybridized carbons (Fsp3) is 0.571. The Morgan fingerprint density at radius 1 is 1.21 bits per heavy atom. The summed E-state index contributed by atoms with van der Waals surface area (Å²) in [5, 5.41) is 0. The average Bonchev–Trinajstić information content (AvgIpc) is 2.40. The van der Waals surface area contributed by atoms with Crippen molar-refractivity contribution >= 4 is 10.0 Å². The smallest absolute Gasteiger partial charge is 0.218 e. The van der Waals surface area contributed by atoms with Crippen molar-refractivity contribution in [2.24, 2.45) is 5.73 Å². The predicted octanol–water partition coefficient (Wildman–Crippen LogP) is 1.72. The van der Waals surface area contributed by atoms with Gasteiger partial charge in [0.05, 0.1) is 5.75 Å². The van der Waals surface area contributed by atoms with Gasteiger partial charge >= 0.3 is 0 Å². The molecule has 5 heteroatoms. The highest BCUT2D eigenvalue weighted by Gasteiger charge is 2.31. The van der Waals surface area contributed by atoms with Crippen molar-refractivity contribution in [3.63, 3.8) is 0 Å². The van der Waals surface area contributed by atoms with E-state index in [0.717, 1.165) is 31.2 Å². The van der Waals surface area contributed by atoms with Crippen LogP contribution in [0.3, 0.4) is 0 Å². The summed E-state index contributed by atoms with van der Waals surface area (Å²) in [7, 11) is -3.23. The van der Waals surface area contributed by atoms with Gasteiger partial charge < -0.3 is 5.73 Å². The van der Waals surface area contributed by atoms with Crippen LogP contribution in [-0.2, 0) is 15.8 Å². The molecule has 1 fully saturated rings. The van der Waals surface area contributed by atoms with Crippen molar-refractivity contribution in [1.29, 1.82) is 0 Å². The number of hydrogen-bond donors (Lipinski definition) is 1. The quantitative estimate of drug-likeness (QED) is 0.894. The van der Waals surface area contributed by atoms with Crippen LogP contribution < -0.4 is 5.73 Å². The molecule has 1 aromatic rings. The van der Waals surface area contributed by atoms with Crippen LogP contribution in [0.15, 0.2) is 30.3 Å². The fourth-order valence-electron chi connectivity index (χ4n) is 2.69. The first kappa shape index (κ1) is 14.5. The summed E-state index contributed by atoms with van der Waals surface area (Å²) in [6.45, 7) is 1.18. The van der Waals surface area contributed by atoms with Crippen molar-refractivity contribution in [1.82, 2.24) is 4.31 Å². The van der Waals surface area contributed by atoms with Crippen LogP contribution in [0.5, 0.6) is 0 Å². The van der Waals surface area contributed by atoms with E-state index in [-0.39, 0.29) is 11.8 Å². The van der Waals surface area contributed by atoms with Gasteiger partial charge in [0.15, 0.2) is 0 Å². The molecule has 0 amide bonds. The summed E-state index contributed by atoms with van der Waals surface area (Å²) in [6.07, 6.45) is 3.75. The zero-order valence-electron chi connectivity index (χ0n) is 11.2. The molecule has 1 aliphatic rings. The van der Waals surface area contributed by atoms with Gasteiger partial charge in [0.25, 0.3) is 0 Å². The Balaban J connectivity index is 2.13. The van der Waals surface area contributed by atoms with Crippen molar-refractivity contribution in [3.8, 4) is 0 Å². The van der Waals surface area contributed by atoms with E-state index in [9.17, 15) is 8.42 Å². The Morgan fingerprint density at radius 3 is 2.63 bits per heavy atom. The maximum Gasteiger partial charge on any atom is 0.218 e. The lowest BCUT2D eigenvalue weighted by molar-refractivity contribution is 0.243. The zero-order chi connectivity index (χ0) is 13.7. The third kappa shape index (κ3) is 3.78. The van der Waals surface area contributed by atoms with Gasteiger partial charge in [-0.1, -0.05) is 36.8 Å². The summed E-state index contributed by atoms with van der Waals surface area (Å²) < 4.78 is 26.7. The summed E-state index contributed by atoms with van der Waals surface area (Å²) in [6, 6.07) is 9.46. The van der Waals surface area contributed by atoms with E-state index >= 15 is 0 Å². The molecule has 2 rings (SSSR count). The minimum atomic E-state index is -3.23. The second kappa shape index (κ2) is 6.50. The van der Waals surface area contributed by atoms with E-state index in [1.54, 1.807) is 4.31 Å². The molecule has 1 saturated heterocycles. The molecule has 1 heterocycles. The molecular weight excluding hydrogens is 260 g/mol. The largest absolute Gasteiger partial charge is 0.330 e. The van der Waals surface area contributed by atoms with E-state index in [0.29, 0.717) is 13.1 Å². The molecule has 0 radical (unpaired) electrons. The second-order valence-electron chi connectivity index (χ2n) is 5.08. The number of hydrogen-bond acceptors (Lipinski definition) is 3. The summed E-state index contributed by atoms with van der Waals surface area (Å²) in [5.41, 5.74) is 6.44. The molecule has 0 aliphatic carbocycles. The third-order valence-electron chi connectivity index (χ3n) is 3.62. The number of rotatable bonds is 5. The molecule has 0 spiro atoms. The molecule has 19 heavy (non-hydrogen) atoms. The number of nitrogens with two attached hydrogens (primary N) is 1. The van der Waals surface area contributed by atoms with Gasteiger partial charge in [-0.15, -0.1) is 0 Å². The molecule has 2 N–H and O–H groups in total. The lowest BCUT2D eigenvalue weighted by Crippen LogP contribution is -2.45. The van der Waals surface area contributed by atoms with Crippen LogP contribution in [-0.4, -0.2) is 31.9 Å². The van der Waals surface area contributed by atoms with Crippen LogP contribution in [0.25, 0.3) is 0 Å². The molecule has 0 saturated carbocycles. The number of nitrogens with zero attached hydrogens (tertiary/aromatic N) is 1. The van der Waals surface area contributed by atoms with Crippen LogP contribution >= 0.6 is 0 Å². The summed E-state index contributed by atoms with van der Waals surface area (Å²) in [5.74, 6) is 0.0922. The minimum Gasteiger partial charge on any atom is -0.330 e. The Bertz CT molecular complexity index is 485. The predicted molar refractivity (Wildman–Crippen MR) is 77.1 cm³/mol. The first-order chi connectivity index (χ1) is 9.13. The molecule has 1 aliphatic heterocycles. The van der Waals surface area contributed by atoms with Crippen molar-refractivity contribution < 1.29 is 8.42 Å². The summed E-state index contributed by atoms with van der Waals surface area (Å²) >= 11 is 0. The normalized spacial score (nSPS) is 21.4. The van der Waals surface area contributed by atoms with E-state index < -0.39 is 10.0 Å². The highest BCUT2D eigenvalue weighted by Crippen LogP contribution is 2.24. The SMILES string of the molecule is NCCC1CCCCN1S(=O)(=O)Cc1ccccc1. The van der Waals surface area contributed by atoms with Crippen LogP contribution in [0.1, 0.15) is 31.2 Å². The number of sulfonamides is 1. The second-order valence-corrected chi connectivity index (χ2v) is 7.00. The molecule has 4 nitrogen and oxygen atoms in total. The van der Waals surface area contributed by atoms with E-state index in [2.05, 4.69) is 0 Å². The summed E-state index contributed by atoms with van der Waals surface area (Å²) in [4.78, 5) is 0. The van der Waals surface area contributed by atoms with Gasteiger partial charge in [-0.3, -0.25) is 0 Å². The highest BCUT2D eigenvalue weighted by atomic mass is 32.2. The van der Waals surface area contributed by atoms with Gasteiger partial charge in [0.2, 0.25) is 10.0 Å². The molecule has 1 unspecified atom stereocenters. The van der Waals surface area contributed by atoms with E-state index in [4.69, 9.17) is 5.73 Å². The molecule has 1 aromatic carbocycles. The van der Waals surface area contributed by atoms with Crippen molar-refractivity contribution in [2.45, 2.75) is 37.5 Å². The highest BCUT2D eigenvalue weighted by molar-refractivity contribution is 7.88. The van der Waals surface area contributed by atoms with Gasteiger partial charge in [0.1, 0.15) is 0 Å². The van der Waals surface area contributed by atoms with Crippen molar-refractivity contribution in [3.05, 3.63) is 35.9 Å². The number of benzene rings is 1. The molecular formula is C14H22N2O2S. The van der Waals surface area contributed by atoms with Crippen molar-refractivity contribution in [2.75, 3.05) is 13.1 Å². The Labute approximate surface area is 115 Å². The lowest BCUT2D eigenvalue weighted by Gasteiger charge is -2.34. The molecule has 0 aromatic heterocycles. The van der Waals surface area contributed by atoms with E-state index in [1.165, 1.54) is 0 Å². The first-order valence-electron chi connectivity index (χ1n) is 6.87. The minimum absolute atomic E-state index is 0.0902. The Kier molecular flexibility index (Phi) is 4.96. The monoisotopic (exact) mass is 282 g/mol. The Hall–Kier alpha value is -0.910. The van der Waals surface area contributed by atoms with Crippen LogP contribution in [0, 0.1) is 0 Å². The lowest BCUT2D eigenvalue weighted by atomic mass is 10.0. The maximum absolute atomic E-state index is 12.5.